The van der Waals surface area contributed by atoms with Gasteiger partial charge in [-0.1, -0.05) is 24.3 Å². The van der Waals surface area contributed by atoms with Gasteiger partial charge in [-0.3, -0.25) is 9.52 Å². The molecule has 10 heteroatoms. The number of hydrogen-bond donors (Lipinski definition) is 1. The van der Waals surface area contributed by atoms with Gasteiger partial charge in [0, 0.05) is 17.1 Å². The topological polar surface area (TPSA) is 92.8 Å². The molecule has 0 atom stereocenters. The third kappa shape index (κ3) is 4.49. The van der Waals surface area contributed by atoms with Crippen LogP contribution in [0.5, 0.6) is 0 Å². The number of carbonyl (C=O) groups excluding carboxylic acids is 2. The number of methoxy groups -OCH3 is 1. The Hall–Kier alpha value is -3.24. The van der Waals surface area contributed by atoms with Crippen LogP contribution in [-0.2, 0) is 27.7 Å². The third-order valence-electron chi connectivity index (χ3n) is 5.32. The monoisotopic (exact) mass is 488 g/mol. The Morgan fingerprint density at radius 3 is 2.61 bits per heavy atom. The van der Waals surface area contributed by atoms with E-state index in [9.17, 15) is 22.4 Å². The van der Waals surface area contributed by atoms with Gasteiger partial charge in [-0.25, -0.2) is 17.6 Å². The first-order valence-electron chi connectivity index (χ1n) is 10.1. The molecule has 3 aromatic rings. The number of ether oxygens (including phenoxy) is 1. The number of anilines is 1. The minimum atomic E-state index is -4.10. The van der Waals surface area contributed by atoms with Crippen LogP contribution in [0.4, 0.5) is 10.1 Å². The van der Waals surface area contributed by atoms with Crippen LogP contribution in [0.1, 0.15) is 36.7 Å². The molecule has 2 aromatic carbocycles. The van der Waals surface area contributed by atoms with Crippen molar-refractivity contribution in [2.24, 2.45) is 0 Å². The molecule has 1 amide bonds. The van der Waals surface area contributed by atoms with Crippen LogP contribution in [0.25, 0.3) is 0 Å². The summed E-state index contributed by atoms with van der Waals surface area (Å²) < 4.78 is 47.8. The second-order valence-corrected chi connectivity index (χ2v) is 10.6. The third-order valence-corrected chi connectivity index (χ3v) is 8.44. The van der Waals surface area contributed by atoms with E-state index in [1.165, 1.54) is 30.2 Å². The van der Waals surface area contributed by atoms with E-state index in [1.54, 1.807) is 24.3 Å². The molecule has 172 valence electrons. The van der Waals surface area contributed by atoms with Crippen molar-refractivity contribution in [3.05, 3.63) is 81.5 Å². The maximum Gasteiger partial charge on any atom is 0.340 e. The first-order valence-corrected chi connectivity index (χ1v) is 12.4. The summed E-state index contributed by atoms with van der Waals surface area (Å²) in [6.45, 7) is 2.12. The Bertz CT molecular complexity index is 1350. The molecule has 2 heterocycles. The molecule has 7 nitrogen and oxygen atoms in total. The highest BCUT2D eigenvalue weighted by molar-refractivity contribution is 7.94. The lowest BCUT2D eigenvalue weighted by Gasteiger charge is -2.27. The molecule has 0 spiro atoms. The van der Waals surface area contributed by atoms with Gasteiger partial charge in [-0.05, 0) is 48.7 Å². The summed E-state index contributed by atoms with van der Waals surface area (Å²) >= 11 is 0.918. The zero-order chi connectivity index (χ0) is 23.8. The Balaban J connectivity index is 1.71. The molecule has 0 unspecified atom stereocenters. The maximum atomic E-state index is 14.1. The first kappa shape index (κ1) is 22.9. The van der Waals surface area contributed by atoms with E-state index in [1.807, 2.05) is 13.0 Å². The van der Waals surface area contributed by atoms with Gasteiger partial charge in [0.1, 0.15) is 5.82 Å². The minimum Gasteiger partial charge on any atom is -0.465 e. The van der Waals surface area contributed by atoms with Crippen LogP contribution in [-0.4, -0.2) is 38.8 Å². The summed E-state index contributed by atoms with van der Waals surface area (Å²) in [6, 6.07) is 12.5. The zero-order valence-electron chi connectivity index (χ0n) is 17.9. The Kier molecular flexibility index (Phi) is 6.22. The fourth-order valence-corrected chi connectivity index (χ4v) is 6.72. The van der Waals surface area contributed by atoms with Gasteiger partial charge in [0.15, 0.2) is 4.21 Å². The number of sulfonamides is 1. The molecule has 0 aliphatic carbocycles. The first-order chi connectivity index (χ1) is 15.7. The molecule has 4 rings (SSSR count). The number of nitrogens with one attached hydrogen (secondary N) is 1. The number of amides is 1. The second kappa shape index (κ2) is 8.95. The highest BCUT2D eigenvalue weighted by Crippen LogP contribution is 2.38. The molecule has 0 fully saturated rings. The van der Waals surface area contributed by atoms with Crippen molar-refractivity contribution >= 4 is 38.9 Å². The van der Waals surface area contributed by atoms with Gasteiger partial charge in [0.05, 0.1) is 24.8 Å². The number of halogens is 1. The van der Waals surface area contributed by atoms with Crippen LogP contribution in [0.15, 0.2) is 52.7 Å². The number of hydrogen-bond acceptors (Lipinski definition) is 6. The average molecular weight is 489 g/mol. The van der Waals surface area contributed by atoms with E-state index in [0.717, 1.165) is 16.9 Å². The molecule has 33 heavy (non-hydrogen) atoms. The number of carbonyl (C=O) groups is 2. The summed E-state index contributed by atoms with van der Waals surface area (Å²) in [6.07, 6.45) is 0.246. The van der Waals surface area contributed by atoms with Gasteiger partial charge in [0.25, 0.3) is 15.9 Å². The fourth-order valence-electron chi connectivity index (χ4n) is 3.76. The van der Waals surface area contributed by atoms with Crippen molar-refractivity contribution in [3.63, 3.8) is 0 Å². The van der Waals surface area contributed by atoms with Gasteiger partial charge < -0.3 is 9.64 Å². The summed E-state index contributed by atoms with van der Waals surface area (Å²) in [7, 11) is -2.91. The van der Waals surface area contributed by atoms with E-state index in [2.05, 4.69) is 4.72 Å². The van der Waals surface area contributed by atoms with E-state index < -0.39 is 27.7 Å². The van der Waals surface area contributed by atoms with Crippen LogP contribution < -0.4 is 4.72 Å². The molecular formula is C23H21FN2O5S2. The Morgan fingerprint density at radius 1 is 1.15 bits per heavy atom. The lowest BCUT2D eigenvalue weighted by molar-refractivity contribution is 0.0595. The SMILES string of the molecule is COC(=O)c1c(S(=O)(=O)Nc2cccc(C)c2)sc2c1CCN(C(=O)c1ccccc1F)C2. The second-order valence-electron chi connectivity index (χ2n) is 7.59. The molecule has 1 aromatic heterocycles. The van der Waals surface area contributed by atoms with E-state index >= 15 is 0 Å². The fraction of sp³-hybridized carbons (Fsp3) is 0.217. The number of nitrogens with zero attached hydrogens (tertiary/aromatic N) is 1. The number of esters is 1. The van der Waals surface area contributed by atoms with Crippen LogP contribution >= 0.6 is 11.3 Å². The van der Waals surface area contributed by atoms with Crippen molar-refractivity contribution in [1.82, 2.24) is 4.90 Å². The maximum absolute atomic E-state index is 14.1. The number of rotatable bonds is 5. The normalized spacial score (nSPS) is 13.4. The largest absolute Gasteiger partial charge is 0.465 e. The minimum absolute atomic E-state index is 0.0179. The lowest BCUT2D eigenvalue weighted by Crippen LogP contribution is -2.36. The van der Waals surface area contributed by atoms with Gasteiger partial charge in [-0.2, -0.15) is 0 Å². The molecular weight excluding hydrogens is 467 g/mol. The van der Waals surface area contributed by atoms with E-state index in [4.69, 9.17) is 4.74 Å². The van der Waals surface area contributed by atoms with Crippen LogP contribution in [0.2, 0.25) is 0 Å². The predicted molar refractivity (Wildman–Crippen MR) is 122 cm³/mol. The summed E-state index contributed by atoms with van der Waals surface area (Å²) in [5, 5.41) is 0. The molecule has 0 radical (unpaired) electrons. The summed E-state index contributed by atoms with van der Waals surface area (Å²) in [5.74, 6) is -1.87. The van der Waals surface area contributed by atoms with Crippen LogP contribution in [0, 0.1) is 12.7 Å². The molecule has 0 saturated heterocycles. The quantitative estimate of drug-likeness (QED) is 0.549. The Morgan fingerprint density at radius 2 is 1.91 bits per heavy atom. The smallest absolute Gasteiger partial charge is 0.340 e. The highest BCUT2D eigenvalue weighted by Gasteiger charge is 2.35. The molecule has 1 N–H and O–H groups in total. The summed E-state index contributed by atoms with van der Waals surface area (Å²) in [5.41, 5.74) is 1.70. The number of fused-ring (bicyclic) bond motifs is 1. The Labute approximate surface area is 194 Å². The molecule has 0 bridgehead atoms. The highest BCUT2D eigenvalue weighted by atomic mass is 32.2. The number of aryl methyl sites for hydroxylation is 1. The van der Waals surface area contributed by atoms with Gasteiger partial charge >= 0.3 is 5.97 Å². The molecule has 1 aliphatic heterocycles. The average Bonchev–Trinajstić information content (AvgIpc) is 3.18. The van der Waals surface area contributed by atoms with Crippen molar-refractivity contribution in [2.45, 2.75) is 24.1 Å². The molecule has 0 saturated carbocycles. The standard InChI is InChI=1S/C23H21FN2O5S2/c1-14-6-5-7-15(12-14)25-33(29,30)23-20(22(28)31-2)17-10-11-26(13-19(17)32-23)21(27)16-8-3-4-9-18(16)24/h3-9,12,25H,10-11,13H2,1-2H3. The lowest BCUT2D eigenvalue weighted by atomic mass is 10.0. The number of benzene rings is 2. The van der Waals surface area contributed by atoms with Gasteiger partial charge in [-0.15, -0.1) is 11.3 Å². The van der Waals surface area contributed by atoms with E-state index in [-0.39, 0.29) is 34.8 Å². The molecule has 1 aliphatic rings. The van der Waals surface area contributed by atoms with Crippen molar-refractivity contribution < 1.29 is 27.1 Å². The van der Waals surface area contributed by atoms with Crippen molar-refractivity contribution in [3.8, 4) is 0 Å². The van der Waals surface area contributed by atoms with Gasteiger partial charge in [0.2, 0.25) is 0 Å². The van der Waals surface area contributed by atoms with Crippen molar-refractivity contribution in [2.75, 3.05) is 18.4 Å². The van der Waals surface area contributed by atoms with E-state index in [0.29, 0.717) is 16.1 Å². The zero-order valence-corrected chi connectivity index (χ0v) is 19.6. The van der Waals surface area contributed by atoms with Crippen molar-refractivity contribution in [1.29, 1.82) is 0 Å². The number of thiophene rings is 1. The predicted octanol–water partition coefficient (Wildman–Crippen LogP) is 3.98. The summed E-state index contributed by atoms with van der Waals surface area (Å²) in [4.78, 5) is 27.4. The van der Waals surface area contributed by atoms with Crippen LogP contribution in [0.3, 0.4) is 0 Å².